The van der Waals surface area contributed by atoms with E-state index in [1.54, 1.807) is 7.11 Å². The highest BCUT2D eigenvalue weighted by atomic mass is 16.5. The Morgan fingerprint density at radius 1 is 1.04 bits per heavy atom. The van der Waals surface area contributed by atoms with Crippen molar-refractivity contribution < 1.29 is 4.74 Å². The quantitative estimate of drug-likeness (QED) is 0.621. The first-order valence-corrected chi connectivity index (χ1v) is 9.13. The average molecular weight is 332 g/mol. The van der Waals surface area contributed by atoms with Crippen LogP contribution in [-0.2, 0) is 0 Å². The van der Waals surface area contributed by atoms with Crippen LogP contribution in [0.15, 0.2) is 53.5 Å². The van der Waals surface area contributed by atoms with Gasteiger partial charge in [-0.05, 0) is 36.6 Å². The molecule has 0 aliphatic heterocycles. The van der Waals surface area contributed by atoms with Crippen molar-refractivity contribution in [2.24, 2.45) is 4.99 Å². The number of fused-ring (bicyclic) bond motifs is 1. The number of aromatic nitrogens is 1. The molecule has 25 heavy (non-hydrogen) atoms. The Balaban J connectivity index is 1.81. The van der Waals surface area contributed by atoms with Gasteiger partial charge in [0.05, 0.1) is 12.8 Å². The summed E-state index contributed by atoms with van der Waals surface area (Å²) in [6.45, 7) is 0. The SMILES string of the molecule is COc1ccc2[nH]c(-c3ccccc3)c(C=NC3CCCCC3)c2c1. The molecule has 1 aromatic heterocycles. The lowest BCUT2D eigenvalue weighted by molar-refractivity contribution is 0.415. The van der Waals surface area contributed by atoms with E-state index in [0.29, 0.717) is 6.04 Å². The second-order valence-corrected chi connectivity index (χ2v) is 6.76. The molecule has 1 heterocycles. The maximum atomic E-state index is 5.43. The smallest absolute Gasteiger partial charge is 0.119 e. The van der Waals surface area contributed by atoms with Crippen molar-refractivity contribution in [3.8, 4) is 17.0 Å². The van der Waals surface area contributed by atoms with Crippen LogP contribution in [-0.4, -0.2) is 24.4 Å². The van der Waals surface area contributed by atoms with Crippen LogP contribution in [0.25, 0.3) is 22.2 Å². The van der Waals surface area contributed by atoms with Crippen molar-refractivity contribution in [3.05, 3.63) is 54.1 Å². The number of ether oxygens (including phenoxy) is 1. The summed E-state index contributed by atoms with van der Waals surface area (Å²) in [6.07, 6.45) is 8.46. The Bertz CT molecular complexity index is 874. The van der Waals surface area contributed by atoms with Gasteiger partial charge in [0.15, 0.2) is 0 Å². The first-order chi connectivity index (χ1) is 12.3. The summed E-state index contributed by atoms with van der Waals surface area (Å²) < 4.78 is 5.43. The maximum absolute atomic E-state index is 5.43. The highest BCUT2D eigenvalue weighted by molar-refractivity contribution is 6.06. The number of methoxy groups -OCH3 is 1. The van der Waals surface area contributed by atoms with Crippen LogP contribution in [0.2, 0.25) is 0 Å². The van der Waals surface area contributed by atoms with E-state index in [4.69, 9.17) is 9.73 Å². The Morgan fingerprint density at radius 3 is 2.60 bits per heavy atom. The molecule has 0 atom stereocenters. The fraction of sp³-hybridized carbons (Fsp3) is 0.318. The second kappa shape index (κ2) is 7.14. The number of rotatable bonds is 4. The van der Waals surface area contributed by atoms with Gasteiger partial charge in [0.25, 0.3) is 0 Å². The third-order valence-corrected chi connectivity index (χ3v) is 5.10. The standard InChI is InChI=1S/C22H24N2O/c1-25-18-12-13-21-19(14-18)20(15-23-17-10-6-3-7-11-17)22(24-21)16-8-4-2-5-9-16/h2,4-5,8-9,12-15,17,24H,3,6-7,10-11H2,1H3. The lowest BCUT2D eigenvalue weighted by Gasteiger charge is -2.17. The molecule has 0 amide bonds. The number of H-pyrrole nitrogens is 1. The van der Waals surface area contributed by atoms with Gasteiger partial charge in [-0.2, -0.15) is 0 Å². The van der Waals surface area contributed by atoms with Gasteiger partial charge in [-0.3, -0.25) is 4.99 Å². The van der Waals surface area contributed by atoms with Crippen LogP contribution in [0.3, 0.4) is 0 Å². The maximum Gasteiger partial charge on any atom is 0.119 e. The highest BCUT2D eigenvalue weighted by Crippen LogP contribution is 2.32. The number of aliphatic imine (C=N–C) groups is 1. The van der Waals surface area contributed by atoms with Crippen molar-refractivity contribution in [2.45, 2.75) is 38.1 Å². The minimum Gasteiger partial charge on any atom is -0.497 e. The molecule has 0 saturated heterocycles. The number of nitrogens with zero attached hydrogens (tertiary/aromatic N) is 1. The Hall–Kier alpha value is -2.55. The highest BCUT2D eigenvalue weighted by Gasteiger charge is 2.15. The number of hydrogen-bond donors (Lipinski definition) is 1. The number of nitrogens with one attached hydrogen (secondary N) is 1. The van der Waals surface area contributed by atoms with Crippen LogP contribution in [0, 0.1) is 0 Å². The molecule has 1 saturated carbocycles. The zero-order chi connectivity index (χ0) is 17.1. The largest absolute Gasteiger partial charge is 0.497 e. The Morgan fingerprint density at radius 2 is 1.84 bits per heavy atom. The fourth-order valence-electron chi connectivity index (χ4n) is 3.70. The molecule has 128 valence electrons. The molecule has 0 bridgehead atoms. The van der Waals surface area contributed by atoms with Gasteiger partial charge in [-0.25, -0.2) is 0 Å². The molecule has 1 N–H and O–H groups in total. The van der Waals surface area contributed by atoms with E-state index < -0.39 is 0 Å². The van der Waals surface area contributed by atoms with E-state index in [1.165, 1.54) is 37.7 Å². The molecule has 0 spiro atoms. The van der Waals surface area contributed by atoms with Crippen LogP contribution >= 0.6 is 0 Å². The molecule has 1 fully saturated rings. The summed E-state index contributed by atoms with van der Waals surface area (Å²) in [5, 5.41) is 1.16. The minimum absolute atomic E-state index is 0.466. The summed E-state index contributed by atoms with van der Waals surface area (Å²) in [7, 11) is 1.71. The monoisotopic (exact) mass is 332 g/mol. The predicted molar refractivity (Wildman–Crippen MR) is 105 cm³/mol. The van der Waals surface area contributed by atoms with Crippen molar-refractivity contribution in [1.29, 1.82) is 0 Å². The molecule has 3 nitrogen and oxygen atoms in total. The van der Waals surface area contributed by atoms with Crippen molar-refractivity contribution in [1.82, 2.24) is 4.98 Å². The van der Waals surface area contributed by atoms with E-state index >= 15 is 0 Å². The molecule has 0 unspecified atom stereocenters. The molecule has 4 rings (SSSR count). The minimum atomic E-state index is 0.466. The predicted octanol–water partition coefficient (Wildman–Crippen LogP) is 5.60. The number of hydrogen-bond acceptors (Lipinski definition) is 2. The summed E-state index contributed by atoms with van der Waals surface area (Å²) in [5.41, 5.74) is 4.58. The molecule has 3 heteroatoms. The average Bonchev–Trinajstić information content (AvgIpc) is 3.05. The van der Waals surface area contributed by atoms with Gasteiger partial charge in [-0.15, -0.1) is 0 Å². The molecule has 3 aromatic rings. The number of aromatic amines is 1. The van der Waals surface area contributed by atoms with Gasteiger partial charge >= 0.3 is 0 Å². The van der Waals surface area contributed by atoms with E-state index in [2.05, 4.69) is 47.6 Å². The van der Waals surface area contributed by atoms with E-state index in [0.717, 1.165) is 27.9 Å². The topological polar surface area (TPSA) is 37.4 Å². The lowest BCUT2D eigenvalue weighted by atomic mass is 9.96. The van der Waals surface area contributed by atoms with Gasteiger partial charge < -0.3 is 9.72 Å². The summed E-state index contributed by atoms with van der Waals surface area (Å²) in [6, 6.07) is 17.1. The molecule has 0 radical (unpaired) electrons. The first-order valence-electron chi connectivity index (χ1n) is 9.13. The fourth-order valence-corrected chi connectivity index (χ4v) is 3.70. The normalized spacial score (nSPS) is 15.9. The summed E-state index contributed by atoms with van der Waals surface area (Å²) >= 11 is 0. The van der Waals surface area contributed by atoms with E-state index in [9.17, 15) is 0 Å². The van der Waals surface area contributed by atoms with Gasteiger partial charge in [-0.1, -0.05) is 49.6 Å². The summed E-state index contributed by atoms with van der Waals surface area (Å²) in [4.78, 5) is 8.50. The van der Waals surface area contributed by atoms with E-state index in [-0.39, 0.29) is 0 Å². The van der Waals surface area contributed by atoms with E-state index in [1.807, 2.05) is 12.1 Å². The summed E-state index contributed by atoms with van der Waals surface area (Å²) in [5.74, 6) is 0.874. The lowest BCUT2D eigenvalue weighted by Crippen LogP contribution is -2.09. The van der Waals surface area contributed by atoms with Gasteiger partial charge in [0, 0.05) is 28.7 Å². The molecular formula is C22H24N2O. The first kappa shape index (κ1) is 15.9. The molecule has 1 aliphatic carbocycles. The van der Waals surface area contributed by atoms with Gasteiger partial charge in [0.2, 0.25) is 0 Å². The van der Waals surface area contributed by atoms with Crippen LogP contribution in [0.1, 0.15) is 37.7 Å². The third kappa shape index (κ3) is 3.32. The third-order valence-electron chi connectivity index (χ3n) is 5.10. The zero-order valence-corrected chi connectivity index (χ0v) is 14.7. The number of benzene rings is 2. The second-order valence-electron chi connectivity index (χ2n) is 6.76. The Kier molecular flexibility index (Phi) is 4.55. The van der Waals surface area contributed by atoms with Crippen molar-refractivity contribution >= 4 is 17.1 Å². The van der Waals surface area contributed by atoms with Crippen molar-refractivity contribution in [3.63, 3.8) is 0 Å². The van der Waals surface area contributed by atoms with Crippen LogP contribution in [0.4, 0.5) is 0 Å². The van der Waals surface area contributed by atoms with Crippen molar-refractivity contribution in [2.75, 3.05) is 7.11 Å². The van der Waals surface area contributed by atoms with Crippen LogP contribution in [0.5, 0.6) is 5.75 Å². The zero-order valence-electron chi connectivity index (χ0n) is 14.7. The van der Waals surface area contributed by atoms with Gasteiger partial charge in [0.1, 0.15) is 5.75 Å². The molecule has 1 aliphatic rings. The Labute approximate surface area is 148 Å². The molecular weight excluding hydrogens is 308 g/mol. The molecule has 2 aromatic carbocycles. The van der Waals surface area contributed by atoms with Crippen LogP contribution < -0.4 is 4.74 Å².